The Balaban J connectivity index is 1.88. The molecule has 0 spiro atoms. The molecule has 0 aliphatic heterocycles. The quantitative estimate of drug-likeness (QED) is 0.585. The molecule has 0 aliphatic rings. The summed E-state index contributed by atoms with van der Waals surface area (Å²) >= 11 is 5.95. The molecule has 0 saturated heterocycles. The van der Waals surface area contributed by atoms with Crippen molar-refractivity contribution in [3.05, 3.63) is 73.8 Å². The molecule has 8 heteroatoms. The van der Waals surface area contributed by atoms with Gasteiger partial charge in [0.05, 0.1) is 26.9 Å². The number of para-hydroxylation sites is 1. The molecule has 116 valence electrons. The monoisotopic (exact) mass is 331 g/mol. The fourth-order valence-corrected chi connectivity index (χ4v) is 2.24. The molecule has 2 aromatic carbocycles. The standard InChI is InChI=1S/C15H10ClN3O4/c16-11-6-5-9(19(21)22)7-13(11)23-8-14-17-12-4-2-1-3-10(12)15(20)18-14/h1-7H,8H2,(H,17,18,20). The molecule has 3 aromatic rings. The molecule has 1 N–H and O–H groups in total. The van der Waals surface area contributed by atoms with Crippen LogP contribution in [0.4, 0.5) is 5.69 Å². The van der Waals surface area contributed by atoms with Crippen LogP contribution in [0.1, 0.15) is 5.82 Å². The Labute approximate surface area is 134 Å². The van der Waals surface area contributed by atoms with E-state index in [-0.39, 0.29) is 28.6 Å². The van der Waals surface area contributed by atoms with E-state index in [9.17, 15) is 14.9 Å². The van der Waals surface area contributed by atoms with E-state index in [1.165, 1.54) is 18.2 Å². The number of rotatable bonds is 4. The third kappa shape index (κ3) is 3.14. The first-order chi connectivity index (χ1) is 11.0. The van der Waals surface area contributed by atoms with Crippen molar-refractivity contribution in [2.24, 2.45) is 0 Å². The van der Waals surface area contributed by atoms with Crippen LogP contribution in [0, 0.1) is 10.1 Å². The zero-order valence-electron chi connectivity index (χ0n) is 11.7. The maximum Gasteiger partial charge on any atom is 0.273 e. The van der Waals surface area contributed by atoms with Gasteiger partial charge in [-0.05, 0) is 18.2 Å². The number of non-ortho nitro benzene ring substituents is 1. The predicted molar refractivity (Wildman–Crippen MR) is 84.8 cm³/mol. The first kappa shape index (κ1) is 15.0. The summed E-state index contributed by atoms with van der Waals surface area (Å²) in [5.41, 5.74) is 0.128. The lowest BCUT2D eigenvalue weighted by Crippen LogP contribution is -2.13. The second kappa shape index (κ2) is 6.05. The van der Waals surface area contributed by atoms with Gasteiger partial charge in [0.2, 0.25) is 0 Å². The topological polar surface area (TPSA) is 98.1 Å². The van der Waals surface area contributed by atoms with Gasteiger partial charge in [-0.3, -0.25) is 14.9 Å². The molecule has 0 amide bonds. The summed E-state index contributed by atoms with van der Waals surface area (Å²) in [5.74, 6) is 0.452. The van der Waals surface area contributed by atoms with Crippen molar-refractivity contribution in [1.29, 1.82) is 0 Å². The number of nitro groups is 1. The van der Waals surface area contributed by atoms with E-state index in [1.54, 1.807) is 24.3 Å². The lowest BCUT2D eigenvalue weighted by atomic mass is 10.2. The molecule has 1 aromatic heterocycles. The van der Waals surface area contributed by atoms with Crippen LogP contribution in [-0.4, -0.2) is 14.9 Å². The van der Waals surface area contributed by atoms with Gasteiger partial charge in [0.1, 0.15) is 18.2 Å². The number of halogens is 1. The summed E-state index contributed by atoms with van der Waals surface area (Å²) < 4.78 is 5.45. The average Bonchev–Trinajstić information content (AvgIpc) is 2.54. The highest BCUT2D eigenvalue weighted by molar-refractivity contribution is 6.32. The third-order valence-corrected chi connectivity index (χ3v) is 3.46. The summed E-state index contributed by atoms with van der Waals surface area (Å²) in [4.78, 5) is 29.1. The molecular formula is C15H10ClN3O4. The van der Waals surface area contributed by atoms with Gasteiger partial charge in [-0.15, -0.1) is 0 Å². The number of aromatic amines is 1. The number of aromatic nitrogens is 2. The third-order valence-electron chi connectivity index (χ3n) is 3.15. The molecule has 0 atom stereocenters. The Morgan fingerprint density at radius 2 is 2.04 bits per heavy atom. The van der Waals surface area contributed by atoms with Gasteiger partial charge in [-0.25, -0.2) is 4.98 Å². The van der Waals surface area contributed by atoms with E-state index in [0.717, 1.165) is 0 Å². The second-order valence-corrected chi connectivity index (χ2v) is 5.10. The smallest absolute Gasteiger partial charge is 0.273 e. The SMILES string of the molecule is O=c1[nH]c(COc2cc([N+](=O)[O-])ccc2Cl)nc2ccccc12. The molecule has 0 unspecified atom stereocenters. The maximum absolute atomic E-state index is 12.0. The summed E-state index contributed by atoms with van der Waals surface area (Å²) in [6, 6.07) is 10.8. The molecule has 0 bridgehead atoms. The van der Waals surface area contributed by atoms with Crippen molar-refractivity contribution in [3.63, 3.8) is 0 Å². The highest BCUT2D eigenvalue weighted by Crippen LogP contribution is 2.29. The minimum absolute atomic E-state index is 0.0685. The van der Waals surface area contributed by atoms with Crippen LogP contribution < -0.4 is 10.3 Å². The van der Waals surface area contributed by atoms with Crippen molar-refractivity contribution in [2.75, 3.05) is 0 Å². The number of ether oxygens (including phenoxy) is 1. The van der Waals surface area contributed by atoms with E-state index in [1.807, 2.05) is 0 Å². The zero-order chi connectivity index (χ0) is 16.4. The number of H-pyrrole nitrogens is 1. The molecule has 23 heavy (non-hydrogen) atoms. The average molecular weight is 332 g/mol. The van der Waals surface area contributed by atoms with Crippen LogP contribution in [0.25, 0.3) is 10.9 Å². The first-order valence-corrected chi connectivity index (χ1v) is 6.97. The molecule has 0 aliphatic carbocycles. The molecule has 0 radical (unpaired) electrons. The largest absolute Gasteiger partial charge is 0.484 e. The highest BCUT2D eigenvalue weighted by Gasteiger charge is 2.12. The minimum atomic E-state index is -0.542. The van der Waals surface area contributed by atoms with Gasteiger partial charge in [-0.2, -0.15) is 0 Å². The molecular weight excluding hydrogens is 322 g/mol. The number of hydrogen-bond donors (Lipinski definition) is 1. The van der Waals surface area contributed by atoms with Crippen LogP contribution in [0.2, 0.25) is 5.02 Å². The highest BCUT2D eigenvalue weighted by atomic mass is 35.5. The fraction of sp³-hybridized carbons (Fsp3) is 0.0667. The lowest BCUT2D eigenvalue weighted by molar-refractivity contribution is -0.384. The van der Waals surface area contributed by atoms with Crippen LogP contribution >= 0.6 is 11.6 Å². The predicted octanol–water partition coefficient (Wildman–Crippen LogP) is 3.06. The van der Waals surface area contributed by atoms with Gasteiger partial charge in [-0.1, -0.05) is 23.7 Å². The second-order valence-electron chi connectivity index (χ2n) is 4.69. The Morgan fingerprint density at radius 3 is 2.83 bits per heavy atom. The molecule has 7 nitrogen and oxygen atoms in total. The number of hydrogen-bond acceptors (Lipinski definition) is 5. The number of nitro benzene ring substituents is 1. The van der Waals surface area contributed by atoms with Gasteiger partial charge in [0.15, 0.2) is 0 Å². The molecule has 0 saturated carbocycles. The fourth-order valence-electron chi connectivity index (χ4n) is 2.07. The van der Waals surface area contributed by atoms with Crippen molar-refractivity contribution in [1.82, 2.24) is 9.97 Å². The Kier molecular flexibility index (Phi) is 3.94. The molecule has 3 rings (SSSR count). The van der Waals surface area contributed by atoms with Gasteiger partial charge in [0.25, 0.3) is 11.2 Å². The Bertz CT molecular complexity index is 955. The van der Waals surface area contributed by atoms with Crippen LogP contribution in [0.5, 0.6) is 5.75 Å². The number of fused-ring (bicyclic) bond motifs is 1. The summed E-state index contributed by atoms with van der Waals surface area (Å²) in [6.07, 6.45) is 0. The van der Waals surface area contributed by atoms with Crippen molar-refractivity contribution >= 4 is 28.2 Å². The minimum Gasteiger partial charge on any atom is -0.484 e. The van der Waals surface area contributed by atoms with E-state index < -0.39 is 4.92 Å². The summed E-state index contributed by atoms with van der Waals surface area (Å²) in [7, 11) is 0. The normalized spacial score (nSPS) is 10.7. The van der Waals surface area contributed by atoms with Gasteiger partial charge < -0.3 is 9.72 Å². The van der Waals surface area contributed by atoms with E-state index in [4.69, 9.17) is 16.3 Å². The lowest BCUT2D eigenvalue weighted by Gasteiger charge is -2.08. The Hall–Kier alpha value is -2.93. The zero-order valence-corrected chi connectivity index (χ0v) is 12.4. The van der Waals surface area contributed by atoms with E-state index >= 15 is 0 Å². The van der Waals surface area contributed by atoms with Crippen molar-refractivity contribution in [3.8, 4) is 5.75 Å². The van der Waals surface area contributed by atoms with Gasteiger partial charge >= 0.3 is 0 Å². The summed E-state index contributed by atoms with van der Waals surface area (Å²) in [6.45, 7) is -0.0685. The van der Waals surface area contributed by atoms with Gasteiger partial charge in [0, 0.05) is 6.07 Å². The van der Waals surface area contributed by atoms with Crippen molar-refractivity contribution in [2.45, 2.75) is 6.61 Å². The molecule has 0 fully saturated rings. The summed E-state index contributed by atoms with van der Waals surface area (Å²) in [5, 5.41) is 11.5. The van der Waals surface area contributed by atoms with Crippen LogP contribution in [-0.2, 0) is 6.61 Å². The number of nitrogens with zero attached hydrogens (tertiary/aromatic N) is 2. The molecule has 1 heterocycles. The number of nitrogens with one attached hydrogen (secondary N) is 1. The van der Waals surface area contributed by atoms with E-state index in [2.05, 4.69) is 9.97 Å². The van der Waals surface area contributed by atoms with E-state index in [0.29, 0.717) is 16.7 Å². The van der Waals surface area contributed by atoms with Crippen LogP contribution in [0.3, 0.4) is 0 Å². The first-order valence-electron chi connectivity index (χ1n) is 6.59. The van der Waals surface area contributed by atoms with Crippen molar-refractivity contribution < 1.29 is 9.66 Å². The van der Waals surface area contributed by atoms with Crippen LogP contribution in [0.15, 0.2) is 47.3 Å². The maximum atomic E-state index is 12.0. The number of benzene rings is 2. The Morgan fingerprint density at radius 1 is 1.26 bits per heavy atom.